The Bertz CT molecular complexity index is 501. The lowest BCUT2D eigenvalue weighted by Gasteiger charge is -2.01. The number of nitrogens with one attached hydrogen (secondary N) is 1. The Balaban J connectivity index is 1.71. The van der Waals surface area contributed by atoms with E-state index in [1.54, 1.807) is 11.3 Å². The molecule has 0 aromatic carbocycles. The molecule has 3 heterocycles. The average molecular weight is 250 g/mol. The molecule has 1 saturated heterocycles. The predicted octanol–water partition coefficient (Wildman–Crippen LogP) is 1.85. The zero-order chi connectivity index (χ0) is 11.7. The molecule has 2 aromatic heterocycles. The number of thiazole rings is 1. The van der Waals surface area contributed by atoms with Gasteiger partial charge in [-0.1, -0.05) is 5.16 Å². The highest BCUT2D eigenvalue weighted by Gasteiger charge is 2.22. The number of hydrogen-bond acceptors (Lipinski definition) is 6. The van der Waals surface area contributed by atoms with Gasteiger partial charge in [0.15, 0.2) is 5.82 Å². The molecule has 1 aliphatic rings. The molecule has 5 nitrogen and oxygen atoms in total. The lowest BCUT2D eigenvalue weighted by atomic mass is 10.2. The average Bonchev–Trinajstić information content (AvgIpc) is 3.00. The summed E-state index contributed by atoms with van der Waals surface area (Å²) in [5.74, 6) is 1.43. The quantitative estimate of drug-likeness (QED) is 0.900. The fourth-order valence-corrected chi connectivity index (χ4v) is 2.64. The Morgan fingerprint density at radius 2 is 2.47 bits per heavy atom. The van der Waals surface area contributed by atoms with Crippen molar-refractivity contribution in [3.8, 4) is 0 Å². The van der Waals surface area contributed by atoms with Gasteiger partial charge in [-0.15, -0.1) is 11.3 Å². The number of rotatable bonds is 3. The Hall–Kier alpha value is -1.27. The summed E-state index contributed by atoms with van der Waals surface area (Å²) < 4.78 is 5.28. The van der Waals surface area contributed by atoms with Crippen LogP contribution in [-0.2, 0) is 6.42 Å². The minimum absolute atomic E-state index is 0.244. The first kappa shape index (κ1) is 10.9. The number of aromatic nitrogens is 3. The van der Waals surface area contributed by atoms with Crippen LogP contribution in [0.3, 0.4) is 0 Å². The molecule has 1 N–H and O–H groups in total. The van der Waals surface area contributed by atoms with Gasteiger partial charge in [-0.2, -0.15) is 4.98 Å². The van der Waals surface area contributed by atoms with Crippen LogP contribution in [0.2, 0.25) is 0 Å². The molecule has 0 radical (unpaired) electrons. The van der Waals surface area contributed by atoms with E-state index in [2.05, 4.69) is 20.4 Å². The summed E-state index contributed by atoms with van der Waals surface area (Å²) in [4.78, 5) is 8.82. The predicted molar refractivity (Wildman–Crippen MR) is 63.9 cm³/mol. The molecule has 90 valence electrons. The van der Waals surface area contributed by atoms with E-state index in [9.17, 15) is 0 Å². The molecule has 2 aromatic rings. The summed E-state index contributed by atoms with van der Waals surface area (Å²) in [6, 6.07) is 0.244. The van der Waals surface area contributed by atoms with Crippen molar-refractivity contribution >= 4 is 11.3 Å². The second-order valence-corrected chi connectivity index (χ2v) is 5.29. The van der Waals surface area contributed by atoms with Crippen LogP contribution in [0, 0.1) is 6.92 Å². The molecule has 17 heavy (non-hydrogen) atoms. The van der Waals surface area contributed by atoms with Crippen LogP contribution < -0.4 is 5.32 Å². The minimum atomic E-state index is 0.244. The van der Waals surface area contributed by atoms with Crippen LogP contribution in [0.4, 0.5) is 0 Å². The van der Waals surface area contributed by atoms with E-state index in [1.165, 1.54) is 6.42 Å². The molecule has 0 bridgehead atoms. The van der Waals surface area contributed by atoms with Gasteiger partial charge in [0, 0.05) is 5.38 Å². The van der Waals surface area contributed by atoms with Crippen LogP contribution in [0.15, 0.2) is 9.90 Å². The van der Waals surface area contributed by atoms with Crippen LogP contribution >= 0.6 is 11.3 Å². The van der Waals surface area contributed by atoms with Gasteiger partial charge in [0.1, 0.15) is 0 Å². The van der Waals surface area contributed by atoms with Crippen molar-refractivity contribution in [1.82, 2.24) is 20.4 Å². The van der Waals surface area contributed by atoms with Crippen molar-refractivity contribution in [1.29, 1.82) is 0 Å². The summed E-state index contributed by atoms with van der Waals surface area (Å²) in [7, 11) is 0. The van der Waals surface area contributed by atoms with Crippen molar-refractivity contribution in [3.63, 3.8) is 0 Å². The molecule has 3 rings (SSSR count). The first-order valence-corrected chi connectivity index (χ1v) is 6.66. The first-order chi connectivity index (χ1) is 8.31. The molecule has 1 atom stereocenters. The number of nitrogens with zero attached hydrogens (tertiary/aromatic N) is 3. The third-order valence-corrected chi connectivity index (χ3v) is 3.67. The monoisotopic (exact) mass is 250 g/mol. The van der Waals surface area contributed by atoms with Gasteiger partial charge in [0.25, 0.3) is 0 Å². The molecular formula is C11H14N4OS. The van der Waals surface area contributed by atoms with E-state index in [4.69, 9.17) is 4.52 Å². The zero-order valence-corrected chi connectivity index (χ0v) is 10.5. The van der Waals surface area contributed by atoms with Gasteiger partial charge in [0.2, 0.25) is 5.89 Å². The van der Waals surface area contributed by atoms with Crippen LogP contribution in [0.1, 0.15) is 41.3 Å². The van der Waals surface area contributed by atoms with Crippen molar-refractivity contribution in [2.24, 2.45) is 0 Å². The zero-order valence-electron chi connectivity index (χ0n) is 9.64. The SMILES string of the molecule is Cc1nc(Cc2noc(C3CCCN3)n2)cs1. The largest absolute Gasteiger partial charge is 0.338 e. The van der Waals surface area contributed by atoms with Crippen LogP contribution in [0.5, 0.6) is 0 Å². The topological polar surface area (TPSA) is 63.8 Å². The molecule has 0 aliphatic carbocycles. The Kier molecular flexibility index (Phi) is 2.90. The van der Waals surface area contributed by atoms with Crippen molar-refractivity contribution in [2.45, 2.75) is 32.2 Å². The third-order valence-electron chi connectivity index (χ3n) is 2.85. The summed E-state index contributed by atoms with van der Waals surface area (Å²) in [5.41, 5.74) is 1.01. The standard InChI is InChI=1S/C11H14N4OS/c1-7-13-8(6-17-7)5-10-14-11(16-15-10)9-3-2-4-12-9/h6,9,12H,2-5H2,1H3. The van der Waals surface area contributed by atoms with Gasteiger partial charge < -0.3 is 9.84 Å². The molecule has 0 saturated carbocycles. The van der Waals surface area contributed by atoms with E-state index in [0.29, 0.717) is 12.3 Å². The maximum atomic E-state index is 5.28. The first-order valence-electron chi connectivity index (χ1n) is 5.78. The van der Waals surface area contributed by atoms with Crippen molar-refractivity contribution in [3.05, 3.63) is 27.8 Å². The minimum Gasteiger partial charge on any atom is -0.338 e. The normalized spacial score (nSPS) is 19.9. The number of aryl methyl sites for hydroxylation is 1. The second-order valence-electron chi connectivity index (χ2n) is 4.23. The lowest BCUT2D eigenvalue weighted by molar-refractivity contribution is 0.341. The molecule has 0 amide bonds. The molecule has 6 heteroatoms. The summed E-state index contributed by atoms with van der Waals surface area (Å²) >= 11 is 1.65. The Labute approximate surface area is 103 Å². The van der Waals surface area contributed by atoms with E-state index in [-0.39, 0.29) is 6.04 Å². The van der Waals surface area contributed by atoms with E-state index in [0.717, 1.165) is 29.5 Å². The van der Waals surface area contributed by atoms with Gasteiger partial charge in [-0.05, 0) is 26.3 Å². The highest BCUT2D eigenvalue weighted by atomic mass is 32.1. The van der Waals surface area contributed by atoms with Crippen molar-refractivity contribution < 1.29 is 4.52 Å². The Morgan fingerprint density at radius 3 is 3.18 bits per heavy atom. The fourth-order valence-electron chi connectivity index (χ4n) is 2.03. The maximum absolute atomic E-state index is 5.28. The third kappa shape index (κ3) is 2.37. The second kappa shape index (κ2) is 4.54. The molecular weight excluding hydrogens is 236 g/mol. The van der Waals surface area contributed by atoms with E-state index < -0.39 is 0 Å². The Morgan fingerprint density at radius 1 is 1.53 bits per heavy atom. The number of hydrogen-bond donors (Lipinski definition) is 1. The van der Waals surface area contributed by atoms with Gasteiger partial charge >= 0.3 is 0 Å². The lowest BCUT2D eigenvalue weighted by Crippen LogP contribution is -2.13. The van der Waals surface area contributed by atoms with Crippen LogP contribution in [-0.4, -0.2) is 21.7 Å². The molecule has 0 spiro atoms. The smallest absolute Gasteiger partial charge is 0.243 e. The highest BCUT2D eigenvalue weighted by Crippen LogP contribution is 2.21. The van der Waals surface area contributed by atoms with E-state index >= 15 is 0 Å². The fraction of sp³-hybridized carbons (Fsp3) is 0.545. The van der Waals surface area contributed by atoms with Gasteiger partial charge in [-0.25, -0.2) is 4.98 Å². The van der Waals surface area contributed by atoms with Gasteiger partial charge in [0.05, 0.1) is 23.2 Å². The van der Waals surface area contributed by atoms with Crippen LogP contribution in [0.25, 0.3) is 0 Å². The van der Waals surface area contributed by atoms with E-state index in [1.807, 2.05) is 12.3 Å². The van der Waals surface area contributed by atoms with Crippen molar-refractivity contribution in [2.75, 3.05) is 6.54 Å². The summed E-state index contributed by atoms with van der Waals surface area (Å²) in [6.07, 6.45) is 2.91. The van der Waals surface area contributed by atoms with Gasteiger partial charge in [-0.3, -0.25) is 0 Å². The molecule has 1 unspecified atom stereocenters. The molecule has 1 aliphatic heterocycles. The summed E-state index contributed by atoms with van der Waals surface area (Å²) in [6.45, 7) is 3.03. The highest BCUT2D eigenvalue weighted by molar-refractivity contribution is 7.09. The molecule has 1 fully saturated rings. The summed E-state index contributed by atoms with van der Waals surface area (Å²) in [5, 5.41) is 10.5. The maximum Gasteiger partial charge on any atom is 0.243 e.